The predicted octanol–water partition coefficient (Wildman–Crippen LogP) is 2.90. The molecular formula is C12H20N4S. The molecule has 0 aromatic carbocycles. The van der Waals surface area contributed by atoms with Crippen LogP contribution in [0.4, 0.5) is 5.95 Å². The highest BCUT2D eigenvalue weighted by Crippen LogP contribution is 2.38. The Labute approximate surface area is 107 Å². The lowest BCUT2D eigenvalue weighted by atomic mass is 9.96. The minimum atomic E-state index is 0.609. The van der Waals surface area contributed by atoms with Gasteiger partial charge in [-0.1, -0.05) is 13.3 Å². The van der Waals surface area contributed by atoms with Crippen molar-refractivity contribution < 1.29 is 0 Å². The van der Waals surface area contributed by atoms with Gasteiger partial charge in [0.15, 0.2) is 4.77 Å². The van der Waals surface area contributed by atoms with Crippen LogP contribution >= 0.6 is 12.2 Å². The third-order valence-electron chi connectivity index (χ3n) is 3.98. The minimum Gasteiger partial charge on any atom is -0.341 e. The Kier molecular flexibility index (Phi) is 2.94. The summed E-state index contributed by atoms with van der Waals surface area (Å²) < 4.78 is 3.02. The fourth-order valence-corrected chi connectivity index (χ4v) is 3.04. The molecule has 1 aliphatic carbocycles. The first-order valence-electron chi connectivity index (χ1n) is 6.71. The van der Waals surface area contributed by atoms with Crippen LogP contribution in [0.1, 0.15) is 45.1 Å². The zero-order valence-electron chi connectivity index (χ0n) is 10.4. The van der Waals surface area contributed by atoms with Crippen LogP contribution in [0.5, 0.6) is 0 Å². The Morgan fingerprint density at radius 2 is 2.24 bits per heavy atom. The van der Waals surface area contributed by atoms with E-state index in [2.05, 4.69) is 26.6 Å². The van der Waals surface area contributed by atoms with Gasteiger partial charge in [0.25, 0.3) is 0 Å². The molecule has 0 amide bonds. The first kappa shape index (κ1) is 11.3. The van der Waals surface area contributed by atoms with Crippen LogP contribution in [0, 0.1) is 10.7 Å². The van der Waals surface area contributed by atoms with Crippen LogP contribution in [-0.2, 0) is 0 Å². The van der Waals surface area contributed by atoms with Crippen LogP contribution in [0.2, 0.25) is 0 Å². The van der Waals surface area contributed by atoms with Crippen molar-refractivity contribution in [2.75, 3.05) is 18.0 Å². The molecule has 0 radical (unpaired) electrons. The van der Waals surface area contributed by atoms with Gasteiger partial charge < -0.3 is 4.90 Å². The van der Waals surface area contributed by atoms with E-state index in [9.17, 15) is 0 Å². The van der Waals surface area contributed by atoms with Gasteiger partial charge in [0.05, 0.1) is 0 Å². The summed E-state index contributed by atoms with van der Waals surface area (Å²) in [6, 6.07) is 0.609. The van der Waals surface area contributed by atoms with Crippen molar-refractivity contribution in [2.24, 2.45) is 5.92 Å². The molecule has 1 aromatic heterocycles. The third kappa shape index (κ3) is 2.12. The molecule has 1 saturated heterocycles. The maximum absolute atomic E-state index is 5.33. The topological polar surface area (TPSA) is 36.9 Å². The van der Waals surface area contributed by atoms with E-state index in [1.807, 2.05) is 0 Å². The summed E-state index contributed by atoms with van der Waals surface area (Å²) in [4.78, 5) is 2.42. The summed E-state index contributed by atoms with van der Waals surface area (Å²) in [5, 5.41) is 7.40. The zero-order chi connectivity index (χ0) is 11.8. The van der Waals surface area contributed by atoms with Gasteiger partial charge >= 0.3 is 0 Å². The average molecular weight is 252 g/mol. The summed E-state index contributed by atoms with van der Waals surface area (Å²) in [5.74, 6) is 1.90. The Morgan fingerprint density at radius 1 is 1.41 bits per heavy atom. The molecule has 0 spiro atoms. The standard InChI is InChI=1S/C12H20N4S/c1-2-9-4-3-7-15(8-9)11-13-14-12(17)16(11)10-5-6-10/h9-10H,2-8H2,1H3,(H,14,17). The van der Waals surface area contributed by atoms with Crippen molar-refractivity contribution >= 4 is 18.2 Å². The van der Waals surface area contributed by atoms with Crippen LogP contribution < -0.4 is 4.90 Å². The lowest BCUT2D eigenvalue weighted by Gasteiger charge is -2.32. The van der Waals surface area contributed by atoms with Gasteiger partial charge in [0.2, 0.25) is 5.95 Å². The van der Waals surface area contributed by atoms with Gasteiger partial charge in [-0.15, -0.1) is 5.10 Å². The molecule has 5 heteroatoms. The van der Waals surface area contributed by atoms with Crippen LogP contribution in [0.25, 0.3) is 0 Å². The molecule has 94 valence electrons. The molecule has 2 fully saturated rings. The molecule has 0 bridgehead atoms. The highest BCUT2D eigenvalue weighted by molar-refractivity contribution is 7.71. The van der Waals surface area contributed by atoms with Crippen LogP contribution in [-0.4, -0.2) is 27.9 Å². The van der Waals surface area contributed by atoms with Gasteiger partial charge in [-0.25, -0.2) is 5.10 Å². The number of piperidine rings is 1. The second kappa shape index (κ2) is 4.44. The molecule has 3 rings (SSSR count). The van der Waals surface area contributed by atoms with E-state index < -0.39 is 0 Å². The van der Waals surface area contributed by atoms with Crippen LogP contribution in [0.3, 0.4) is 0 Å². The maximum Gasteiger partial charge on any atom is 0.225 e. The summed E-state index contributed by atoms with van der Waals surface area (Å²) in [6.07, 6.45) is 6.42. The number of aromatic nitrogens is 3. The summed E-state index contributed by atoms with van der Waals surface area (Å²) in [7, 11) is 0. The normalized spacial score (nSPS) is 25.2. The average Bonchev–Trinajstić information content (AvgIpc) is 3.12. The first-order chi connectivity index (χ1) is 8.29. The molecule has 1 N–H and O–H groups in total. The lowest BCUT2D eigenvalue weighted by Crippen LogP contribution is -2.36. The number of hydrogen-bond acceptors (Lipinski definition) is 3. The number of rotatable bonds is 3. The zero-order valence-corrected chi connectivity index (χ0v) is 11.2. The molecule has 1 aromatic rings. The number of nitrogens with one attached hydrogen (secondary N) is 1. The second-order valence-electron chi connectivity index (χ2n) is 5.29. The van der Waals surface area contributed by atoms with Crippen molar-refractivity contribution in [3.8, 4) is 0 Å². The largest absolute Gasteiger partial charge is 0.341 e. The van der Waals surface area contributed by atoms with Crippen LogP contribution in [0.15, 0.2) is 0 Å². The van der Waals surface area contributed by atoms with Gasteiger partial charge in [0.1, 0.15) is 0 Å². The Hall–Kier alpha value is -0.840. The second-order valence-corrected chi connectivity index (χ2v) is 5.68. The number of aromatic amines is 1. The molecule has 1 saturated carbocycles. The Balaban J connectivity index is 1.85. The molecule has 1 atom stereocenters. The van der Waals surface area contributed by atoms with E-state index in [0.717, 1.165) is 29.7 Å². The van der Waals surface area contributed by atoms with E-state index in [-0.39, 0.29) is 0 Å². The molecular weight excluding hydrogens is 232 g/mol. The summed E-state index contributed by atoms with van der Waals surface area (Å²) in [5.41, 5.74) is 0. The lowest BCUT2D eigenvalue weighted by molar-refractivity contribution is 0.398. The minimum absolute atomic E-state index is 0.609. The smallest absolute Gasteiger partial charge is 0.225 e. The van der Waals surface area contributed by atoms with Gasteiger partial charge in [-0.2, -0.15) is 0 Å². The molecule has 17 heavy (non-hydrogen) atoms. The third-order valence-corrected chi connectivity index (χ3v) is 4.27. The fourth-order valence-electron chi connectivity index (χ4n) is 2.76. The Bertz CT molecular complexity index is 446. The number of anilines is 1. The number of hydrogen-bond donors (Lipinski definition) is 1. The quantitative estimate of drug-likeness (QED) is 0.840. The van der Waals surface area contributed by atoms with Crippen molar-refractivity contribution in [2.45, 2.75) is 45.1 Å². The van der Waals surface area contributed by atoms with Gasteiger partial charge in [-0.05, 0) is 43.8 Å². The van der Waals surface area contributed by atoms with Crippen molar-refractivity contribution in [1.29, 1.82) is 0 Å². The highest BCUT2D eigenvalue weighted by Gasteiger charge is 2.30. The Morgan fingerprint density at radius 3 is 2.94 bits per heavy atom. The molecule has 2 aliphatic rings. The van der Waals surface area contributed by atoms with E-state index in [4.69, 9.17) is 12.2 Å². The fraction of sp³-hybridized carbons (Fsp3) is 0.833. The van der Waals surface area contributed by atoms with E-state index in [0.29, 0.717) is 6.04 Å². The van der Waals surface area contributed by atoms with E-state index in [1.165, 1.54) is 32.1 Å². The van der Waals surface area contributed by atoms with E-state index >= 15 is 0 Å². The van der Waals surface area contributed by atoms with E-state index in [1.54, 1.807) is 0 Å². The van der Waals surface area contributed by atoms with Crippen molar-refractivity contribution in [3.63, 3.8) is 0 Å². The molecule has 1 aliphatic heterocycles. The van der Waals surface area contributed by atoms with Crippen molar-refractivity contribution in [3.05, 3.63) is 4.77 Å². The van der Waals surface area contributed by atoms with Gasteiger partial charge in [-0.3, -0.25) is 4.57 Å². The van der Waals surface area contributed by atoms with Gasteiger partial charge in [0, 0.05) is 19.1 Å². The molecule has 1 unspecified atom stereocenters. The summed E-state index contributed by atoms with van der Waals surface area (Å²) in [6.45, 7) is 4.55. The SMILES string of the molecule is CCC1CCCN(c2n[nH]c(=S)n2C2CC2)C1. The first-order valence-corrected chi connectivity index (χ1v) is 7.12. The maximum atomic E-state index is 5.33. The number of H-pyrrole nitrogens is 1. The number of nitrogens with zero attached hydrogens (tertiary/aromatic N) is 3. The highest BCUT2D eigenvalue weighted by atomic mass is 32.1. The van der Waals surface area contributed by atoms with Crippen molar-refractivity contribution in [1.82, 2.24) is 14.8 Å². The predicted molar refractivity (Wildman–Crippen MR) is 70.9 cm³/mol. The molecule has 2 heterocycles. The summed E-state index contributed by atoms with van der Waals surface area (Å²) >= 11 is 5.33. The molecule has 4 nitrogen and oxygen atoms in total. The monoisotopic (exact) mass is 252 g/mol.